The van der Waals surface area contributed by atoms with Gasteiger partial charge in [-0.1, -0.05) is 12.1 Å². The molecule has 0 atom stereocenters. The number of esters is 1. The van der Waals surface area contributed by atoms with E-state index in [-0.39, 0.29) is 17.5 Å². The summed E-state index contributed by atoms with van der Waals surface area (Å²) in [6.07, 6.45) is 0. The normalized spacial score (nSPS) is 10.7. The Morgan fingerprint density at radius 2 is 1.67 bits per heavy atom. The topological polar surface area (TPSA) is 108 Å². The molecular formula is C19H16N2O6. The van der Waals surface area contributed by atoms with Crippen LogP contribution in [-0.2, 0) is 18.3 Å². The first kappa shape index (κ1) is 18.1. The van der Waals surface area contributed by atoms with Crippen LogP contribution >= 0.6 is 0 Å². The Morgan fingerprint density at radius 3 is 2.26 bits per heavy atom. The number of nitrogens with zero attached hydrogens (tertiary/aromatic N) is 2. The molecule has 0 aliphatic carbocycles. The summed E-state index contributed by atoms with van der Waals surface area (Å²) >= 11 is 0. The summed E-state index contributed by atoms with van der Waals surface area (Å²) in [7, 11) is 2.79. The van der Waals surface area contributed by atoms with Gasteiger partial charge in [-0.2, -0.15) is 0 Å². The number of carbonyl (C=O) groups excluding carboxylic acids is 1. The van der Waals surface area contributed by atoms with Crippen LogP contribution in [0.2, 0.25) is 0 Å². The SMILES string of the molecule is COC(=O)c1ccc(Cn2c(=O)c3cc(C(=O)O)ccc3n(C)c2=O)cc1. The number of carboxylic acids is 1. The van der Waals surface area contributed by atoms with Gasteiger partial charge in [-0.05, 0) is 35.9 Å². The monoisotopic (exact) mass is 368 g/mol. The molecule has 138 valence electrons. The van der Waals surface area contributed by atoms with Crippen molar-refractivity contribution < 1.29 is 19.4 Å². The molecule has 8 heteroatoms. The standard InChI is InChI=1S/C19H16N2O6/c1-20-15-8-7-13(17(23)24)9-14(15)16(22)21(19(20)26)10-11-3-5-12(6-4-11)18(25)27-2/h3-9H,10H2,1-2H3,(H,23,24). The number of aromatic carboxylic acids is 1. The molecule has 2 aromatic carbocycles. The third-order valence-corrected chi connectivity index (χ3v) is 4.31. The lowest BCUT2D eigenvalue weighted by molar-refractivity contribution is 0.0599. The number of aromatic nitrogens is 2. The highest BCUT2D eigenvalue weighted by atomic mass is 16.5. The average molecular weight is 368 g/mol. The molecule has 0 radical (unpaired) electrons. The summed E-state index contributed by atoms with van der Waals surface area (Å²) in [5, 5.41) is 9.28. The van der Waals surface area contributed by atoms with Gasteiger partial charge in [0.15, 0.2) is 0 Å². The number of aryl methyl sites for hydroxylation is 1. The van der Waals surface area contributed by atoms with Crippen LogP contribution in [0.25, 0.3) is 10.9 Å². The summed E-state index contributed by atoms with van der Waals surface area (Å²) in [6.45, 7) is -0.0137. The molecule has 0 bridgehead atoms. The molecule has 1 heterocycles. The third kappa shape index (κ3) is 3.24. The van der Waals surface area contributed by atoms with Crippen molar-refractivity contribution in [3.8, 4) is 0 Å². The summed E-state index contributed by atoms with van der Waals surface area (Å²) in [6, 6.07) is 10.4. The Kier molecular flexibility index (Phi) is 4.64. The van der Waals surface area contributed by atoms with Gasteiger partial charge in [0.25, 0.3) is 5.56 Å². The van der Waals surface area contributed by atoms with Crippen LogP contribution in [0.4, 0.5) is 0 Å². The number of carbonyl (C=O) groups is 2. The van der Waals surface area contributed by atoms with Crippen LogP contribution in [0, 0.1) is 0 Å². The molecule has 1 N–H and O–H groups in total. The molecule has 8 nitrogen and oxygen atoms in total. The molecule has 3 rings (SSSR count). The van der Waals surface area contributed by atoms with Crippen molar-refractivity contribution in [2.45, 2.75) is 6.54 Å². The lowest BCUT2D eigenvalue weighted by atomic mass is 10.1. The molecule has 0 saturated heterocycles. The van der Waals surface area contributed by atoms with E-state index in [9.17, 15) is 19.2 Å². The zero-order valence-electron chi connectivity index (χ0n) is 14.6. The van der Waals surface area contributed by atoms with Gasteiger partial charge in [-0.15, -0.1) is 0 Å². The number of hydrogen-bond donors (Lipinski definition) is 1. The first-order valence-corrected chi connectivity index (χ1v) is 7.97. The van der Waals surface area contributed by atoms with Crippen LogP contribution in [0.1, 0.15) is 26.3 Å². The first-order chi connectivity index (χ1) is 12.8. The Labute approximate surface area is 152 Å². The highest BCUT2D eigenvalue weighted by Crippen LogP contribution is 2.12. The second-order valence-corrected chi connectivity index (χ2v) is 5.96. The maximum Gasteiger partial charge on any atom is 0.337 e. The lowest BCUT2D eigenvalue weighted by Gasteiger charge is -2.11. The van der Waals surface area contributed by atoms with E-state index in [1.807, 2.05) is 0 Å². The summed E-state index contributed by atoms with van der Waals surface area (Å²) < 4.78 is 6.96. The lowest BCUT2D eigenvalue weighted by Crippen LogP contribution is -2.39. The van der Waals surface area contributed by atoms with Crippen LogP contribution in [0.5, 0.6) is 0 Å². The Morgan fingerprint density at radius 1 is 1.04 bits per heavy atom. The van der Waals surface area contributed by atoms with Crippen LogP contribution in [0.15, 0.2) is 52.1 Å². The highest BCUT2D eigenvalue weighted by Gasteiger charge is 2.14. The first-order valence-electron chi connectivity index (χ1n) is 7.97. The number of fused-ring (bicyclic) bond motifs is 1. The second kappa shape index (κ2) is 6.91. The van der Waals surface area contributed by atoms with Crippen molar-refractivity contribution >= 4 is 22.8 Å². The zero-order valence-corrected chi connectivity index (χ0v) is 14.6. The summed E-state index contributed by atoms with van der Waals surface area (Å²) in [5.74, 6) is -1.64. The van der Waals surface area contributed by atoms with E-state index >= 15 is 0 Å². The van der Waals surface area contributed by atoms with E-state index in [1.54, 1.807) is 24.3 Å². The van der Waals surface area contributed by atoms with Crippen molar-refractivity contribution in [2.24, 2.45) is 7.05 Å². The van der Waals surface area contributed by atoms with E-state index in [0.29, 0.717) is 16.6 Å². The fourth-order valence-electron chi connectivity index (χ4n) is 2.84. The van der Waals surface area contributed by atoms with Gasteiger partial charge in [0, 0.05) is 7.05 Å². The maximum absolute atomic E-state index is 12.8. The molecule has 0 amide bonds. The summed E-state index contributed by atoms with van der Waals surface area (Å²) in [4.78, 5) is 48.0. The molecule has 0 aliphatic rings. The molecule has 0 unspecified atom stereocenters. The largest absolute Gasteiger partial charge is 0.478 e. The smallest absolute Gasteiger partial charge is 0.337 e. The van der Waals surface area contributed by atoms with Crippen LogP contribution < -0.4 is 11.2 Å². The minimum absolute atomic E-state index is 0.0137. The quantitative estimate of drug-likeness (QED) is 0.694. The maximum atomic E-state index is 12.8. The van der Waals surface area contributed by atoms with E-state index in [1.165, 1.54) is 36.9 Å². The number of ether oxygens (including phenoxy) is 1. The minimum atomic E-state index is -1.16. The fourth-order valence-corrected chi connectivity index (χ4v) is 2.84. The number of benzene rings is 2. The minimum Gasteiger partial charge on any atom is -0.478 e. The van der Waals surface area contributed by atoms with Crippen molar-refractivity contribution in [2.75, 3.05) is 7.11 Å². The van der Waals surface area contributed by atoms with E-state index in [0.717, 1.165) is 4.57 Å². The van der Waals surface area contributed by atoms with Crippen molar-refractivity contribution in [3.63, 3.8) is 0 Å². The average Bonchev–Trinajstić information content (AvgIpc) is 2.68. The van der Waals surface area contributed by atoms with Crippen LogP contribution in [-0.4, -0.2) is 33.3 Å². The van der Waals surface area contributed by atoms with Gasteiger partial charge in [-0.3, -0.25) is 13.9 Å². The van der Waals surface area contributed by atoms with Crippen molar-refractivity contribution in [3.05, 3.63) is 80.0 Å². The molecule has 0 fully saturated rings. The molecule has 0 spiro atoms. The molecule has 1 aromatic heterocycles. The predicted molar refractivity (Wildman–Crippen MR) is 97.3 cm³/mol. The fraction of sp³-hybridized carbons (Fsp3) is 0.158. The second-order valence-electron chi connectivity index (χ2n) is 5.96. The Bertz CT molecular complexity index is 1170. The van der Waals surface area contributed by atoms with Gasteiger partial charge in [0.05, 0.1) is 35.7 Å². The van der Waals surface area contributed by atoms with Gasteiger partial charge in [-0.25, -0.2) is 14.4 Å². The number of carboxylic acid groups (broad SMARTS) is 1. The van der Waals surface area contributed by atoms with E-state index < -0.39 is 23.2 Å². The van der Waals surface area contributed by atoms with Gasteiger partial charge < -0.3 is 9.84 Å². The van der Waals surface area contributed by atoms with Gasteiger partial charge in [0.2, 0.25) is 0 Å². The number of methoxy groups -OCH3 is 1. The Balaban J connectivity index is 2.11. The number of rotatable bonds is 4. The Hall–Kier alpha value is -3.68. The van der Waals surface area contributed by atoms with Crippen LogP contribution in [0.3, 0.4) is 0 Å². The summed E-state index contributed by atoms with van der Waals surface area (Å²) in [5.41, 5.74) is 0.210. The molecular weight excluding hydrogens is 352 g/mol. The molecule has 0 saturated carbocycles. The molecule has 3 aromatic rings. The van der Waals surface area contributed by atoms with E-state index in [2.05, 4.69) is 4.74 Å². The van der Waals surface area contributed by atoms with E-state index in [4.69, 9.17) is 5.11 Å². The van der Waals surface area contributed by atoms with Gasteiger partial charge >= 0.3 is 17.6 Å². The molecule has 0 aliphatic heterocycles. The van der Waals surface area contributed by atoms with Gasteiger partial charge in [0.1, 0.15) is 0 Å². The van der Waals surface area contributed by atoms with Crippen molar-refractivity contribution in [1.29, 1.82) is 0 Å². The zero-order chi connectivity index (χ0) is 19.7. The predicted octanol–water partition coefficient (Wildman–Crippen LogP) is 1.23. The third-order valence-electron chi connectivity index (χ3n) is 4.31. The molecule has 27 heavy (non-hydrogen) atoms. The highest BCUT2D eigenvalue weighted by molar-refractivity contribution is 5.93. The van der Waals surface area contributed by atoms with Crippen molar-refractivity contribution in [1.82, 2.24) is 9.13 Å². The number of hydrogen-bond acceptors (Lipinski definition) is 5.